The lowest BCUT2D eigenvalue weighted by molar-refractivity contribution is 0.594. The van der Waals surface area contributed by atoms with E-state index in [0.717, 1.165) is 5.56 Å². The fourth-order valence-electron chi connectivity index (χ4n) is 2.37. The van der Waals surface area contributed by atoms with Crippen molar-refractivity contribution in [3.05, 3.63) is 34.9 Å². The van der Waals surface area contributed by atoms with Gasteiger partial charge in [0.25, 0.3) is 0 Å². The summed E-state index contributed by atoms with van der Waals surface area (Å²) in [4.78, 5) is 0.266. The number of hydrogen-bond acceptors (Lipinski definition) is 3. The van der Waals surface area contributed by atoms with Crippen molar-refractivity contribution in [1.29, 1.82) is 0 Å². The summed E-state index contributed by atoms with van der Waals surface area (Å²) in [5.41, 5.74) is 6.53. The van der Waals surface area contributed by atoms with E-state index in [1.54, 1.807) is 19.1 Å². The van der Waals surface area contributed by atoms with E-state index in [9.17, 15) is 8.42 Å². The van der Waals surface area contributed by atoms with Gasteiger partial charge in [0, 0.05) is 22.6 Å². The van der Waals surface area contributed by atoms with Crippen molar-refractivity contribution < 1.29 is 8.42 Å². The average Bonchev–Trinajstić information content (AvgIpc) is 3.05. The zero-order valence-electron chi connectivity index (χ0n) is 9.84. The molecule has 1 saturated carbocycles. The predicted octanol–water partition coefficient (Wildman–Crippen LogP) is 2.14. The molecule has 2 N–H and O–H groups in total. The molecule has 1 aromatic carbocycles. The maximum atomic E-state index is 12.0. The summed E-state index contributed by atoms with van der Waals surface area (Å²) >= 11 is 10.9. The summed E-state index contributed by atoms with van der Waals surface area (Å²) in [6, 6.07) is 7.21. The van der Waals surface area contributed by atoms with Crippen LogP contribution in [0.3, 0.4) is 0 Å². The maximum Gasteiger partial charge on any atom is 0.154 e. The second kappa shape index (κ2) is 4.79. The molecule has 1 aliphatic carbocycles. The summed E-state index contributed by atoms with van der Waals surface area (Å²) in [7, 11) is -3.14. The maximum absolute atomic E-state index is 12.0. The van der Waals surface area contributed by atoms with Crippen LogP contribution in [0.5, 0.6) is 0 Å². The van der Waals surface area contributed by atoms with Crippen LogP contribution in [0.15, 0.2) is 24.3 Å². The molecule has 0 saturated heterocycles. The van der Waals surface area contributed by atoms with Crippen molar-refractivity contribution in [2.24, 2.45) is 11.7 Å². The number of benzene rings is 1. The van der Waals surface area contributed by atoms with Gasteiger partial charge < -0.3 is 5.73 Å². The Morgan fingerprint density at radius 1 is 1.50 bits per heavy atom. The normalized spacial score (nSPS) is 26.9. The zero-order chi connectivity index (χ0) is 13.5. The first-order chi connectivity index (χ1) is 8.38. The number of sulfone groups is 1. The molecule has 2 rings (SSSR count). The first-order valence-corrected chi connectivity index (χ1v) is 8.15. The van der Waals surface area contributed by atoms with Crippen molar-refractivity contribution >= 4 is 38.6 Å². The molecule has 3 nitrogen and oxygen atoms in total. The van der Waals surface area contributed by atoms with E-state index in [0.29, 0.717) is 5.02 Å². The summed E-state index contributed by atoms with van der Waals surface area (Å²) in [6.07, 6.45) is 0. The van der Waals surface area contributed by atoms with Crippen LogP contribution in [-0.2, 0) is 9.84 Å². The van der Waals surface area contributed by atoms with Gasteiger partial charge in [-0.15, -0.1) is 0 Å². The van der Waals surface area contributed by atoms with Gasteiger partial charge in [0.15, 0.2) is 9.84 Å². The van der Waals surface area contributed by atoms with Crippen LogP contribution in [0.25, 0.3) is 0 Å². The Labute approximate surface area is 117 Å². The van der Waals surface area contributed by atoms with E-state index >= 15 is 0 Å². The molecule has 0 aromatic heterocycles. The smallest absolute Gasteiger partial charge is 0.154 e. The van der Waals surface area contributed by atoms with Crippen molar-refractivity contribution in [2.45, 2.75) is 18.1 Å². The van der Waals surface area contributed by atoms with E-state index in [2.05, 4.69) is 0 Å². The number of rotatable bonds is 4. The van der Waals surface area contributed by atoms with Crippen LogP contribution in [0.1, 0.15) is 18.4 Å². The van der Waals surface area contributed by atoms with Crippen LogP contribution in [0.4, 0.5) is 0 Å². The second-order valence-electron chi connectivity index (χ2n) is 4.43. The van der Waals surface area contributed by atoms with Gasteiger partial charge in [-0.25, -0.2) is 8.42 Å². The van der Waals surface area contributed by atoms with Gasteiger partial charge in [0.05, 0.1) is 10.2 Å². The summed E-state index contributed by atoms with van der Waals surface area (Å²) in [5.74, 6) is -0.303. The Bertz CT molecular complexity index is 585. The SMILES string of the molecule is CCS(=O)(=O)[C@H]1[C@H](C(N)=S)[C@@H]1c1cccc(Cl)c1. The van der Waals surface area contributed by atoms with Crippen molar-refractivity contribution in [2.75, 3.05) is 5.75 Å². The summed E-state index contributed by atoms with van der Waals surface area (Å²) in [6.45, 7) is 1.64. The lowest BCUT2D eigenvalue weighted by Gasteiger charge is -2.01. The number of nitrogens with two attached hydrogens (primary N) is 1. The van der Waals surface area contributed by atoms with Crippen molar-refractivity contribution in [3.8, 4) is 0 Å². The number of hydrogen-bond donors (Lipinski definition) is 1. The molecule has 0 heterocycles. The van der Waals surface area contributed by atoms with Gasteiger partial charge in [-0.1, -0.05) is 42.9 Å². The Morgan fingerprint density at radius 3 is 2.67 bits per heavy atom. The third-order valence-electron chi connectivity index (χ3n) is 3.33. The van der Waals surface area contributed by atoms with Gasteiger partial charge in [-0.05, 0) is 17.7 Å². The molecule has 0 unspecified atom stereocenters. The molecule has 1 aliphatic rings. The number of thiocarbonyl (C=S) groups is 1. The molecular weight excluding hydrogens is 290 g/mol. The van der Waals surface area contributed by atoms with Crippen LogP contribution in [-0.4, -0.2) is 24.4 Å². The van der Waals surface area contributed by atoms with E-state index in [1.165, 1.54) is 0 Å². The predicted molar refractivity (Wildman–Crippen MR) is 77.7 cm³/mol. The van der Waals surface area contributed by atoms with Gasteiger partial charge in [-0.3, -0.25) is 0 Å². The molecule has 6 heteroatoms. The zero-order valence-corrected chi connectivity index (χ0v) is 12.2. The largest absolute Gasteiger partial charge is 0.393 e. The molecular formula is C12H14ClNO2S2. The summed E-state index contributed by atoms with van der Waals surface area (Å²) < 4.78 is 24.0. The third-order valence-corrected chi connectivity index (χ3v) is 6.06. The second-order valence-corrected chi connectivity index (χ2v) is 7.78. The first kappa shape index (κ1) is 13.8. The lowest BCUT2D eigenvalue weighted by atomic mass is 10.1. The highest BCUT2D eigenvalue weighted by atomic mass is 35.5. The van der Waals surface area contributed by atoms with E-state index in [4.69, 9.17) is 29.6 Å². The summed E-state index contributed by atoms with van der Waals surface area (Å²) in [5, 5.41) is 0.104. The van der Waals surface area contributed by atoms with Crippen molar-refractivity contribution in [3.63, 3.8) is 0 Å². The first-order valence-electron chi connectivity index (χ1n) is 5.65. The quantitative estimate of drug-likeness (QED) is 0.866. The minimum absolute atomic E-state index is 0.105. The van der Waals surface area contributed by atoms with Gasteiger partial charge >= 0.3 is 0 Å². The molecule has 3 atom stereocenters. The third kappa shape index (κ3) is 2.39. The van der Waals surface area contributed by atoms with Crippen molar-refractivity contribution in [1.82, 2.24) is 0 Å². The minimum atomic E-state index is -3.14. The van der Waals surface area contributed by atoms with Crippen LogP contribution >= 0.6 is 23.8 Å². The standard InChI is InChI=1S/C12H14ClNO2S2/c1-2-18(15,16)11-9(10(11)12(14)17)7-4-3-5-8(13)6-7/h3-6,9-11H,2H2,1H3,(H2,14,17)/t9-,10+,11+/m0/s1. The van der Waals surface area contributed by atoms with Crippen LogP contribution in [0, 0.1) is 5.92 Å². The Morgan fingerprint density at radius 2 is 2.17 bits per heavy atom. The Kier molecular flexibility index (Phi) is 3.67. The average molecular weight is 304 g/mol. The molecule has 18 heavy (non-hydrogen) atoms. The Hall–Kier alpha value is -0.650. The van der Waals surface area contributed by atoms with Gasteiger partial charge in [0.2, 0.25) is 0 Å². The monoisotopic (exact) mass is 303 g/mol. The lowest BCUT2D eigenvalue weighted by Crippen LogP contribution is -2.18. The molecule has 0 aliphatic heterocycles. The van der Waals surface area contributed by atoms with E-state index in [-0.39, 0.29) is 22.6 Å². The highest BCUT2D eigenvalue weighted by Gasteiger charge is 2.59. The fraction of sp³-hybridized carbons (Fsp3) is 0.417. The topological polar surface area (TPSA) is 60.2 Å². The minimum Gasteiger partial charge on any atom is -0.393 e. The molecule has 0 radical (unpaired) electrons. The molecule has 0 amide bonds. The van der Waals surface area contributed by atoms with Gasteiger partial charge in [0.1, 0.15) is 0 Å². The van der Waals surface area contributed by atoms with Crippen LogP contribution < -0.4 is 5.73 Å². The highest BCUT2D eigenvalue weighted by molar-refractivity contribution is 7.92. The Balaban J connectivity index is 2.37. The fourth-order valence-corrected chi connectivity index (χ4v) is 4.78. The van der Waals surface area contributed by atoms with E-state index in [1.807, 2.05) is 12.1 Å². The number of halogens is 1. The highest BCUT2D eigenvalue weighted by Crippen LogP contribution is 2.52. The van der Waals surface area contributed by atoms with Gasteiger partial charge in [-0.2, -0.15) is 0 Å². The molecule has 1 aromatic rings. The molecule has 1 fully saturated rings. The van der Waals surface area contributed by atoms with Crippen LogP contribution in [0.2, 0.25) is 5.02 Å². The van der Waals surface area contributed by atoms with E-state index < -0.39 is 15.1 Å². The molecule has 0 spiro atoms. The molecule has 0 bridgehead atoms. The molecule has 98 valence electrons.